The Morgan fingerprint density at radius 3 is 2.65 bits per heavy atom. The molecule has 7 heteroatoms. The first-order valence-electron chi connectivity index (χ1n) is 8.81. The molecule has 2 rings (SSSR count). The van der Waals surface area contributed by atoms with Crippen molar-refractivity contribution in [3.63, 3.8) is 0 Å². The highest BCUT2D eigenvalue weighted by molar-refractivity contribution is 6.31. The van der Waals surface area contributed by atoms with Gasteiger partial charge in [-0.2, -0.15) is 0 Å². The molecule has 0 spiro atoms. The molecule has 0 aliphatic heterocycles. The highest BCUT2D eigenvalue weighted by atomic mass is 35.5. The molecular formula is C19H27ClN2O4. The number of alkyl carbamates (subject to hydrolysis) is 1. The quantitative estimate of drug-likeness (QED) is 0.745. The van der Waals surface area contributed by atoms with Crippen molar-refractivity contribution in [3.05, 3.63) is 28.8 Å². The molecule has 1 unspecified atom stereocenters. The van der Waals surface area contributed by atoms with Gasteiger partial charge in [-0.05, 0) is 57.7 Å². The molecule has 2 N–H and O–H groups in total. The van der Waals surface area contributed by atoms with E-state index in [4.69, 9.17) is 21.1 Å². The lowest BCUT2D eigenvalue weighted by molar-refractivity contribution is 0.0494. The fourth-order valence-electron chi connectivity index (χ4n) is 3.12. The zero-order valence-electron chi connectivity index (χ0n) is 15.7. The Balaban J connectivity index is 1.99. The number of amides is 1. The van der Waals surface area contributed by atoms with E-state index in [0.29, 0.717) is 22.8 Å². The van der Waals surface area contributed by atoms with Gasteiger partial charge in [-0.3, -0.25) is 0 Å². The van der Waals surface area contributed by atoms with Crippen molar-refractivity contribution in [1.29, 1.82) is 0 Å². The summed E-state index contributed by atoms with van der Waals surface area (Å²) in [7, 11) is 1.35. The van der Waals surface area contributed by atoms with Crippen LogP contribution < -0.4 is 10.6 Å². The van der Waals surface area contributed by atoms with Crippen LogP contribution >= 0.6 is 11.6 Å². The van der Waals surface area contributed by atoms with Crippen LogP contribution in [0.4, 0.5) is 10.5 Å². The molecule has 1 aromatic carbocycles. The first kappa shape index (κ1) is 20.4. The molecule has 0 heterocycles. The molecule has 1 amide bonds. The lowest BCUT2D eigenvalue weighted by atomic mass is 10.0. The number of rotatable bonds is 5. The van der Waals surface area contributed by atoms with Gasteiger partial charge in [-0.25, -0.2) is 9.59 Å². The van der Waals surface area contributed by atoms with Crippen molar-refractivity contribution in [2.24, 2.45) is 5.92 Å². The Kier molecular flexibility index (Phi) is 6.75. The molecule has 2 atom stereocenters. The summed E-state index contributed by atoms with van der Waals surface area (Å²) >= 11 is 6.05. The number of nitrogens with one attached hydrogen (secondary N) is 2. The van der Waals surface area contributed by atoms with Crippen LogP contribution in [0.2, 0.25) is 5.02 Å². The summed E-state index contributed by atoms with van der Waals surface area (Å²) in [6, 6.07) is 5.04. The average Bonchev–Trinajstić information content (AvgIpc) is 2.97. The van der Waals surface area contributed by atoms with E-state index >= 15 is 0 Å². The molecule has 144 valence electrons. The first-order valence-corrected chi connectivity index (χ1v) is 9.18. The molecule has 1 aliphatic rings. The van der Waals surface area contributed by atoms with Crippen molar-refractivity contribution in [1.82, 2.24) is 5.32 Å². The number of methoxy groups -OCH3 is 1. The summed E-state index contributed by atoms with van der Waals surface area (Å²) in [4.78, 5) is 23.9. The van der Waals surface area contributed by atoms with Crippen LogP contribution in [-0.2, 0) is 9.47 Å². The van der Waals surface area contributed by atoms with Gasteiger partial charge in [0.25, 0.3) is 0 Å². The topological polar surface area (TPSA) is 76.7 Å². The summed E-state index contributed by atoms with van der Waals surface area (Å²) in [5.74, 6) is -0.175. The number of esters is 1. The lowest BCUT2D eigenvalue weighted by Crippen LogP contribution is -2.42. The maximum atomic E-state index is 12.0. The minimum Gasteiger partial charge on any atom is -0.465 e. The molecule has 1 aliphatic carbocycles. The maximum absolute atomic E-state index is 12.0. The first-order chi connectivity index (χ1) is 12.2. The van der Waals surface area contributed by atoms with Crippen LogP contribution in [0.25, 0.3) is 0 Å². The molecule has 0 saturated heterocycles. The number of carbonyl (C=O) groups is 2. The standard InChI is InChI=1S/C19H27ClN2O4/c1-19(2,3)26-18(24)22-15-7-5-6-12(15)11-21-16-10-13(20)8-9-14(16)17(23)25-4/h8-10,12,15,21H,5-7,11H2,1-4H3,(H,22,24)/t12-,15?/m0/s1. The molecule has 26 heavy (non-hydrogen) atoms. The number of ether oxygens (including phenoxy) is 2. The smallest absolute Gasteiger partial charge is 0.407 e. The predicted octanol–water partition coefficient (Wildman–Crippen LogP) is 4.23. The molecule has 1 fully saturated rings. The van der Waals surface area contributed by atoms with Crippen LogP contribution in [0, 0.1) is 5.92 Å². The Morgan fingerprint density at radius 2 is 2.00 bits per heavy atom. The third-order valence-electron chi connectivity index (χ3n) is 4.30. The van der Waals surface area contributed by atoms with E-state index in [-0.39, 0.29) is 12.0 Å². The van der Waals surface area contributed by atoms with Crippen LogP contribution in [0.3, 0.4) is 0 Å². The summed E-state index contributed by atoms with van der Waals surface area (Å²) < 4.78 is 10.2. The number of halogens is 1. The molecule has 1 saturated carbocycles. The van der Waals surface area contributed by atoms with Crippen molar-refractivity contribution in [3.8, 4) is 0 Å². The minimum atomic E-state index is -0.521. The monoisotopic (exact) mass is 382 g/mol. The van der Waals surface area contributed by atoms with E-state index in [1.807, 2.05) is 20.8 Å². The van der Waals surface area contributed by atoms with Crippen molar-refractivity contribution in [2.75, 3.05) is 19.0 Å². The van der Waals surface area contributed by atoms with Crippen LogP contribution in [0.5, 0.6) is 0 Å². The van der Waals surface area contributed by atoms with Gasteiger partial charge in [-0.15, -0.1) is 0 Å². The van der Waals surface area contributed by atoms with E-state index in [1.165, 1.54) is 7.11 Å². The molecule has 6 nitrogen and oxygen atoms in total. The second-order valence-corrected chi connectivity index (χ2v) is 7.94. The predicted molar refractivity (Wildman–Crippen MR) is 102 cm³/mol. The average molecular weight is 383 g/mol. The second kappa shape index (κ2) is 8.62. The second-order valence-electron chi connectivity index (χ2n) is 7.51. The Labute approximate surface area is 159 Å². The molecule has 0 radical (unpaired) electrons. The number of hydrogen-bond acceptors (Lipinski definition) is 5. The fraction of sp³-hybridized carbons (Fsp3) is 0.579. The van der Waals surface area contributed by atoms with Gasteiger partial charge in [0.15, 0.2) is 0 Å². The minimum absolute atomic E-state index is 0.0399. The zero-order chi connectivity index (χ0) is 19.3. The summed E-state index contributed by atoms with van der Waals surface area (Å²) in [5.41, 5.74) is 0.547. The summed E-state index contributed by atoms with van der Waals surface area (Å²) in [6.07, 6.45) is 2.53. The van der Waals surface area contributed by atoms with Gasteiger partial charge >= 0.3 is 12.1 Å². The van der Waals surface area contributed by atoms with Gasteiger partial charge < -0.3 is 20.1 Å². The zero-order valence-corrected chi connectivity index (χ0v) is 16.5. The number of benzene rings is 1. The molecule has 0 bridgehead atoms. The third-order valence-corrected chi connectivity index (χ3v) is 4.54. The van der Waals surface area contributed by atoms with E-state index in [2.05, 4.69) is 10.6 Å². The normalized spacial score (nSPS) is 19.7. The van der Waals surface area contributed by atoms with Crippen LogP contribution in [-0.4, -0.2) is 37.4 Å². The fourth-order valence-corrected chi connectivity index (χ4v) is 3.29. The van der Waals surface area contributed by atoms with Gasteiger partial charge in [0.05, 0.1) is 18.4 Å². The molecule has 1 aromatic rings. The van der Waals surface area contributed by atoms with E-state index in [0.717, 1.165) is 19.3 Å². The van der Waals surface area contributed by atoms with E-state index in [1.54, 1.807) is 18.2 Å². The lowest BCUT2D eigenvalue weighted by Gasteiger charge is -2.25. The van der Waals surface area contributed by atoms with Gasteiger partial charge in [0.2, 0.25) is 0 Å². The highest BCUT2D eigenvalue weighted by Gasteiger charge is 2.30. The van der Waals surface area contributed by atoms with Crippen LogP contribution in [0.15, 0.2) is 18.2 Å². The molecule has 0 aromatic heterocycles. The van der Waals surface area contributed by atoms with Crippen molar-refractivity contribution >= 4 is 29.4 Å². The molecular weight excluding hydrogens is 356 g/mol. The Hall–Kier alpha value is -1.95. The number of carbonyl (C=O) groups excluding carboxylic acids is 2. The van der Waals surface area contributed by atoms with E-state index < -0.39 is 17.7 Å². The number of anilines is 1. The number of hydrogen-bond donors (Lipinski definition) is 2. The summed E-state index contributed by atoms with van der Waals surface area (Å²) in [5, 5.41) is 6.79. The highest BCUT2D eigenvalue weighted by Crippen LogP contribution is 2.28. The van der Waals surface area contributed by atoms with Gasteiger partial charge in [-0.1, -0.05) is 18.0 Å². The van der Waals surface area contributed by atoms with E-state index in [9.17, 15) is 9.59 Å². The van der Waals surface area contributed by atoms with Gasteiger partial charge in [0.1, 0.15) is 5.60 Å². The summed E-state index contributed by atoms with van der Waals surface area (Å²) in [6.45, 7) is 6.14. The Morgan fingerprint density at radius 1 is 1.27 bits per heavy atom. The van der Waals surface area contributed by atoms with Crippen LogP contribution in [0.1, 0.15) is 50.4 Å². The SMILES string of the molecule is COC(=O)c1ccc(Cl)cc1NC[C@@H]1CCCC1NC(=O)OC(C)(C)C. The largest absolute Gasteiger partial charge is 0.465 e. The van der Waals surface area contributed by atoms with Crippen molar-refractivity contribution < 1.29 is 19.1 Å². The third kappa shape index (κ3) is 5.80. The van der Waals surface area contributed by atoms with Crippen molar-refractivity contribution in [2.45, 2.75) is 51.7 Å². The Bertz CT molecular complexity index is 657. The van der Waals surface area contributed by atoms with Gasteiger partial charge in [0, 0.05) is 17.6 Å². The maximum Gasteiger partial charge on any atom is 0.407 e.